The molecule has 10 heteroatoms. The van der Waals surface area contributed by atoms with Gasteiger partial charge >= 0.3 is 0 Å². The fraction of sp³-hybridized carbons (Fsp3) is 0.438. The summed E-state index contributed by atoms with van der Waals surface area (Å²) in [4.78, 5) is 23.9. The Kier molecular flexibility index (Phi) is 4.86. The highest BCUT2D eigenvalue weighted by molar-refractivity contribution is 7.91. The molecule has 1 aliphatic heterocycles. The number of carbonyl (C=O) groups excluding carboxylic acids is 1. The summed E-state index contributed by atoms with van der Waals surface area (Å²) in [6, 6.07) is 2.61. The monoisotopic (exact) mass is 381 g/mol. The molecule has 1 N–H and O–H groups in total. The van der Waals surface area contributed by atoms with E-state index in [0.717, 1.165) is 6.26 Å². The number of aromatic nitrogens is 2. The summed E-state index contributed by atoms with van der Waals surface area (Å²) in [5.74, 6) is 0.393. The van der Waals surface area contributed by atoms with Gasteiger partial charge in [-0.25, -0.2) is 13.1 Å². The second-order valence-corrected chi connectivity index (χ2v) is 8.46. The highest BCUT2D eigenvalue weighted by Crippen LogP contribution is 2.27. The lowest BCUT2D eigenvalue weighted by molar-refractivity contribution is -0.118. The third kappa shape index (κ3) is 4.13. The van der Waals surface area contributed by atoms with Crippen molar-refractivity contribution < 1.29 is 22.4 Å². The number of hydrogen-bond donors (Lipinski definition) is 1. The van der Waals surface area contributed by atoms with Crippen molar-refractivity contribution >= 4 is 21.6 Å². The molecule has 2 aromatic rings. The van der Waals surface area contributed by atoms with Crippen LogP contribution < -0.4 is 15.5 Å². The van der Waals surface area contributed by atoms with Gasteiger partial charge in [-0.2, -0.15) is 5.10 Å². The SMILES string of the molecule is Cc1cc(NC(=O)COc2coc(C)cc2=O)n([C@H]2CCS(=O)(=O)C2)n1. The normalized spacial score (nSPS) is 18.6. The number of sulfone groups is 1. The molecule has 1 aliphatic rings. The quantitative estimate of drug-likeness (QED) is 0.814. The maximum absolute atomic E-state index is 12.1. The van der Waals surface area contributed by atoms with Crippen LogP contribution in [0.15, 0.2) is 27.6 Å². The molecule has 0 spiro atoms. The van der Waals surface area contributed by atoms with Crippen LogP contribution >= 0.6 is 0 Å². The number of amides is 1. The Hall–Kier alpha value is -2.62. The minimum Gasteiger partial charge on any atom is -0.477 e. The first-order chi connectivity index (χ1) is 12.2. The van der Waals surface area contributed by atoms with Crippen molar-refractivity contribution in [3.8, 4) is 5.75 Å². The summed E-state index contributed by atoms with van der Waals surface area (Å²) >= 11 is 0. The second kappa shape index (κ2) is 6.94. The van der Waals surface area contributed by atoms with E-state index in [1.165, 1.54) is 10.7 Å². The van der Waals surface area contributed by atoms with Gasteiger partial charge in [0.2, 0.25) is 11.2 Å². The third-order valence-electron chi connectivity index (χ3n) is 3.97. The minimum atomic E-state index is -3.08. The van der Waals surface area contributed by atoms with Gasteiger partial charge in [0.25, 0.3) is 5.91 Å². The molecule has 0 saturated carbocycles. The number of carbonyl (C=O) groups is 1. The van der Waals surface area contributed by atoms with Crippen LogP contribution in [0.5, 0.6) is 5.75 Å². The predicted octanol–water partition coefficient (Wildman–Crippen LogP) is 0.830. The molecule has 0 aliphatic carbocycles. The van der Waals surface area contributed by atoms with Crippen LogP contribution in [0.25, 0.3) is 0 Å². The molecule has 0 bridgehead atoms. The van der Waals surface area contributed by atoms with Crippen molar-refractivity contribution in [3.05, 3.63) is 40.1 Å². The van der Waals surface area contributed by atoms with Crippen LogP contribution in [0.4, 0.5) is 5.82 Å². The fourth-order valence-corrected chi connectivity index (χ4v) is 4.47. The van der Waals surface area contributed by atoms with Crippen LogP contribution in [-0.4, -0.2) is 42.2 Å². The summed E-state index contributed by atoms with van der Waals surface area (Å²) in [6.45, 7) is 3.00. The molecular weight excluding hydrogens is 362 g/mol. The average Bonchev–Trinajstić information content (AvgIpc) is 3.08. The van der Waals surface area contributed by atoms with Crippen LogP contribution in [-0.2, 0) is 14.6 Å². The maximum atomic E-state index is 12.1. The molecule has 3 heterocycles. The van der Waals surface area contributed by atoms with Gasteiger partial charge in [-0.15, -0.1) is 0 Å². The van der Waals surface area contributed by atoms with Crippen LogP contribution in [0.2, 0.25) is 0 Å². The Morgan fingerprint density at radius 3 is 2.85 bits per heavy atom. The number of nitrogens with zero attached hydrogens (tertiary/aromatic N) is 2. The van der Waals surface area contributed by atoms with E-state index in [-0.39, 0.29) is 35.3 Å². The van der Waals surface area contributed by atoms with E-state index < -0.39 is 15.7 Å². The van der Waals surface area contributed by atoms with Crippen molar-refractivity contribution in [2.75, 3.05) is 23.4 Å². The number of nitrogens with one attached hydrogen (secondary N) is 1. The predicted molar refractivity (Wildman–Crippen MR) is 93.1 cm³/mol. The zero-order valence-electron chi connectivity index (χ0n) is 14.4. The number of anilines is 1. The minimum absolute atomic E-state index is 0.00208. The molecule has 2 aromatic heterocycles. The van der Waals surface area contributed by atoms with E-state index in [0.29, 0.717) is 23.7 Å². The summed E-state index contributed by atoms with van der Waals surface area (Å²) in [6.07, 6.45) is 1.61. The topological polar surface area (TPSA) is 120 Å². The smallest absolute Gasteiger partial charge is 0.263 e. The molecule has 26 heavy (non-hydrogen) atoms. The summed E-state index contributed by atoms with van der Waals surface area (Å²) in [5.41, 5.74) is 0.281. The molecule has 0 radical (unpaired) electrons. The van der Waals surface area contributed by atoms with Gasteiger partial charge in [0.1, 0.15) is 17.8 Å². The largest absolute Gasteiger partial charge is 0.477 e. The van der Waals surface area contributed by atoms with Gasteiger partial charge in [0.15, 0.2) is 16.4 Å². The maximum Gasteiger partial charge on any atom is 0.263 e. The van der Waals surface area contributed by atoms with E-state index in [1.807, 2.05) is 0 Å². The lowest BCUT2D eigenvalue weighted by Crippen LogP contribution is -2.24. The summed E-state index contributed by atoms with van der Waals surface area (Å²) < 4.78 is 35.2. The summed E-state index contributed by atoms with van der Waals surface area (Å²) in [5, 5.41) is 6.93. The molecule has 1 amide bonds. The Balaban J connectivity index is 1.67. The summed E-state index contributed by atoms with van der Waals surface area (Å²) in [7, 11) is -3.08. The van der Waals surface area contributed by atoms with Gasteiger partial charge < -0.3 is 14.5 Å². The zero-order valence-corrected chi connectivity index (χ0v) is 15.2. The molecule has 9 nitrogen and oxygen atoms in total. The molecule has 1 saturated heterocycles. The third-order valence-corrected chi connectivity index (χ3v) is 5.72. The van der Waals surface area contributed by atoms with Crippen molar-refractivity contribution in [3.63, 3.8) is 0 Å². The van der Waals surface area contributed by atoms with E-state index in [2.05, 4.69) is 10.4 Å². The van der Waals surface area contributed by atoms with Crippen LogP contribution in [0, 0.1) is 13.8 Å². The Morgan fingerprint density at radius 2 is 2.19 bits per heavy atom. The van der Waals surface area contributed by atoms with E-state index >= 15 is 0 Å². The average molecular weight is 381 g/mol. The van der Waals surface area contributed by atoms with Crippen molar-refractivity contribution in [2.45, 2.75) is 26.3 Å². The fourth-order valence-electron chi connectivity index (χ4n) is 2.78. The Labute approximate surface area is 149 Å². The molecule has 3 rings (SSSR count). The standard InChI is InChI=1S/C16H19N3O6S/c1-10-5-15(19(18-10)12-3-4-26(22,23)9-12)17-16(21)8-25-14-7-24-11(2)6-13(14)20/h5-7,12H,3-4,8-9H2,1-2H3,(H,17,21)/t12-/m0/s1. The van der Waals surface area contributed by atoms with Gasteiger partial charge in [0, 0.05) is 12.1 Å². The van der Waals surface area contributed by atoms with Gasteiger partial charge in [-0.05, 0) is 20.3 Å². The number of ether oxygens (including phenoxy) is 1. The van der Waals surface area contributed by atoms with Crippen LogP contribution in [0.3, 0.4) is 0 Å². The van der Waals surface area contributed by atoms with Crippen molar-refractivity contribution in [1.29, 1.82) is 0 Å². The van der Waals surface area contributed by atoms with Gasteiger partial charge in [-0.3, -0.25) is 9.59 Å². The first-order valence-electron chi connectivity index (χ1n) is 8.02. The zero-order chi connectivity index (χ0) is 18.9. The number of hydrogen-bond acceptors (Lipinski definition) is 7. The van der Waals surface area contributed by atoms with Crippen molar-refractivity contribution in [1.82, 2.24) is 9.78 Å². The lowest BCUT2D eigenvalue weighted by atomic mass is 10.3. The number of rotatable bonds is 5. The molecular formula is C16H19N3O6S. The highest BCUT2D eigenvalue weighted by atomic mass is 32.2. The van der Waals surface area contributed by atoms with E-state index in [1.54, 1.807) is 19.9 Å². The van der Waals surface area contributed by atoms with E-state index in [4.69, 9.17) is 9.15 Å². The molecule has 1 atom stereocenters. The van der Waals surface area contributed by atoms with Crippen molar-refractivity contribution in [2.24, 2.45) is 0 Å². The first kappa shape index (κ1) is 18.2. The molecule has 0 unspecified atom stereocenters. The molecule has 140 valence electrons. The number of aryl methyl sites for hydroxylation is 2. The first-order valence-corrected chi connectivity index (χ1v) is 9.84. The van der Waals surface area contributed by atoms with Gasteiger partial charge in [0.05, 0.1) is 23.2 Å². The highest BCUT2D eigenvalue weighted by Gasteiger charge is 2.31. The molecule has 0 aromatic carbocycles. The second-order valence-electron chi connectivity index (χ2n) is 6.23. The Bertz CT molecular complexity index is 992. The van der Waals surface area contributed by atoms with Crippen LogP contribution in [0.1, 0.15) is 23.9 Å². The Morgan fingerprint density at radius 1 is 1.42 bits per heavy atom. The van der Waals surface area contributed by atoms with Gasteiger partial charge in [-0.1, -0.05) is 0 Å². The molecule has 1 fully saturated rings. The lowest BCUT2D eigenvalue weighted by Gasteiger charge is -2.14. The van der Waals surface area contributed by atoms with E-state index in [9.17, 15) is 18.0 Å².